The Morgan fingerprint density at radius 1 is 1.20 bits per heavy atom. The number of aromatic nitrogens is 1. The fourth-order valence-corrected chi connectivity index (χ4v) is 5.31. The number of ether oxygens (including phenoxy) is 1. The number of carboxylic acid groups (broad SMARTS) is 1. The van der Waals surface area contributed by atoms with E-state index in [9.17, 15) is 14.7 Å². The van der Waals surface area contributed by atoms with E-state index < -0.39 is 5.97 Å². The number of carbonyl (C=O) groups is 2. The fourth-order valence-electron chi connectivity index (χ4n) is 4.14. The standard InChI is InChI=1S/C23H24N2O4S/c1-29-19-11-10-14(12-17(19)23(27)28)13-24-21(26)15-6-2-3-7-16(15)22-25-18-8-4-5-9-20(18)30-22/h4-5,8-12,15-16H,2-3,6-7,13H2,1H3,(H,24,26)(H,27,28)/t15-,16-/m1/s1. The second kappa shape index (κ2) is 8.83. The Kier molecular flexibility index (Phi) is 5.99. The third kappa shape index (κ3) is 4.16. The van der Waals surface area contributed by atoms with Crippen molar-refractivity contribution in [2.45, 2.75) is 38.1 Å². The summed E-state index contributed by atoms with van der Waals surface area (Å²) >= 11 is 1.68. The number of hydrogen-bond donors (Lipinski definition) is 2. The highest BCUT2D eigenvalue weighted by Gasteiger charge is 2.34. The number of carboxylic acids is 1. The SMILES string of the molecule is COc1ccc(CNC(=O)[C@@H]2CCCC[C@H]2c2nc3ccccc3s2)cc1C(=O)O. The van der Waals surface area contributed by atoms with Gasteiger partial charge in [-0.3, -0.25) is 4.79 Å². The predicted molar refractivity (Wildman–Crippen MR) is 116 cm³/mol. The van der Waals surface area contributed by atoms with Gasteiger partial charge in [-0.25, -0.2) is 9.78 Å². The van der Waals surface area contributed by atoms with Crippen LogP contribution in [0, 0.1) is 5.92 Å². The smallest absolute Gasteiger partial charge is 0.339 e. The molecule has 1 saturated carbocycles. The van der Waals surface area contributed by atoms with Crippen LogP contribution in [0.15, 0.2) is 42.5 Å². The lowest BCUT2D eigenvalue weighted by Gasteiger charge is -2.29. The first-order valence-corrected chi connectivity index (χ1v) is 10.9. The van der Waals surface area contributed by atoms with Crippen LogP contribution < -0.4 is 10.1 Å². The molecule has 1 aromatic heterocycles. The van der Waals surface area contributed by atoms with Gasteiger partial charge in [0.25, 0.3) is 0 Å². The minimum atomic E-state index is -1.05. The molecule has 30 heavy (non-hydrogen) atoms. The maximum absolute atomic E-state index is 13.0. The molecule has 1 aliphatic carbocycles. The van der Waals surface area contributed by atoms with Crippen molar-refractivity contribution in [3.63, 3.8) is 0 Å². The van der Waals surface area contributed by atoms with E-state index in [-0.39, 0.29) is 29.9 Å². The molecule has 1 aliphatic rings. The van der Waals surface area contributed by atoms with E-state index in [1.807, 2.05) is 18.2 Å². The van der Waals surface area contributed by atoms with Crippen LogP contribution in [0.5, 0.6) is 5.75 Å². The maximum Gasteiger partial charge on any atom is 0.339 e. The number of nitrogens with one attached hydrogen (secondary N) is 1. The van der Waals surface area contributed by atoms with E-state index in [0.29, 0.717) is 5.75 Å². The van der Waals surface area contributed by atoms with Crippen LogP contribution >= 0.6 is 11.3 Å². The summed E-state index contributed by atoms with van der Waals surface area (Å²) in [4.78, 5) is 29.3. The van der Waals surface area contributed by atoms with Gasteiger partial charge in [-0.15, -0.1) is 11.3 Å². The van der Waals surface area contributed by atoms with Gasteiger partial charge < -0.3 is 15.2 Å². The molecule has 7 heteroatoms. The second-order valence-corrected chi connectivity index (χ2v) is 8.64. The summed E-state index contributed by atoms with van der Waals surface area (Å²) in [6.45, 7) is 0.284. The number of amides is 1. The van der Waals surface area contributed by atoms with Crippen LogP contribution in [-0.2, 0) is 11.3 Å². The van der Waals surface area contributed by atoms with Gasteiger partial charge in [-0.1, -0.05) is 31.0 Å². The normalized spacial score (nSPS) is 18.8. The van der Waals surface area contributed by atoms with Crippen molar-refractivity contribution in [2.75, 3.05) is 7.11 Å². The zero-order valence-electron chi connectivity index (χ0n) is 16.8. The van der Waals surface area contributed by atoms with Crippen molar-refractivity contribution in [3.8, 4) is 5.75 Å². The van der Waals surface area contributed by atoms with Gasteiger partial charge in [0.05, 0.1) is 22.3 Å². The van der Waals surface area contributed by atoms with Crippen molar-refractivity contribution in [3.05, 3.63) is 58.6 Å². The molecule has 1 amide bonds. The Morgan fingerprint density at radius 2 is 2.00 bits per heavy atom. The summed E-state index contributed by atoms with van der Waals surface area (Å²) in [6, 6.07) is 13.0. The van der Waals surface area contributed by atoms with Crippen LogP contribution in [0.25, 0.3) is 10.2 Å². The molecule has 0 saturated heterocycles. The predicted octanol–water partition coefficient (Wildman–Crippen LogP) is 4.59. The van der Waals surface area contributed by atoms with Crippen molar-refractivity contribution in [2.24, 2.45) is 5.92 Å². The maximum atomic E-state index is 13.0. The first kappa shape index (κ1) is 20.3. The number of fused-ring (bicyclic) bond motifs is 1. The zero-order valence-corrected chi connectivity index (χ0v) is 17.6. The molecule has 1 fully saturated rings. The van der Waals surface area contributed by atoms with Gasteiger partial charge in [-0.2, -0.15) is 0 Å². The van der Waals surface area contributed by atoms with Gasteiger partial charge in [0, 0.05) is 18.4 Å². The molecule has 0 aliphatic heterocycles. The molecular weight excluding hydrogens is 400 g/mol. The van der Waals surface area contributed by atoms with Crippen LogP contribution in [0.2, 0.25) is 0 Å². The van der Waals surface area contributed by atoms with Crippen LogP contribution in [0.1, 0.15) is 52.5 Å². The van der Waals surface area contributed by atoms with Gasteiger partial charge in [-0.05, 0) is 42.7 Å². The van der Waals surface area contributed by atoms with Crippen molar-refractivity contribution < 1.29 is 19.4 Å². The quantitative estimate of drug-likeness (QED) is 0.604. The Morgan fingerprint density at radius 3 is 2.77 bits per heavy atom. The average molecular weight is 425 g/mol. The summed E-state index contributed by atoms with van der Waals surface area (Å²) in [5.41, 5.74) is 1.81. The minimum Gasteiger partial charge on any atom is -0.496 e. The molecular formula is C23H24N2O4S. The molecule has 0 radical (unpaired) electrons. The number of rotatable bonds is 6. The highest BCUT2D eigenvalue weighted by Crippen LogP contribution is 2.41. The largest absolute Gasteiger partial charge is 0.496 e. The van der Waals surface area contributed by atoms with Crippen LogP contribution in [-0.4, -0.2) is 29.1 Å². The summed E-state index contributed by atoms with van der Waals surface area (Å²) in [6.07, 6.45) is 3.94. The number of hydrogen-bond acceptors (Lipinski definition) is 5. The summed E-state index contributed by atoms with van der Waals surface area (Å²) in [7, 11) is 1.44. The van der Waals surface area contributed by atoms with Crippen molar-refractivity contribution in [1.29, 1.82) is 0 Å². The third-order valence-corrected chi connectivity index (χ3v) is 6.86. The highest BCUT2D eigenvalue weighted by molar-refractivity contribution is 7.18. The number of thiazole rings is 1. The molecule has 0 bridgehead atoms. The number of carbonyl (C=O) groups excluding carboxylic acids is 1. The number of nitrogens with zero attached hydrogens (tertiary/aromatic N) is 1. The number of para-hydroxylation sites is 1. The first-order chi connectivity index (χ1) is 14.6. The van der Waals surface area contributed by atoms with Crippen molar-refractivity contribution in [1.82, 2.24) is 10.3 Å². The van der Waals surface area contributed by atoms with Gasteiger partial charge in [0.15, 0.2) is 0 Å². The lowest BCUT2D eigenvalue weighted by atomic mass is 9.79. The number of benzene rings is 2. The topological polar surface area (TPSA) is 88.5 Å². The number of methoxy groups -OCH3 is 1. The van der Waals surface area contributed by atoms with E-state index >= 15 is 0 Å². The summed E-state index contributed by atoms with van der Waals surface area (Å²) in [5, 5.41) is 13.4. The van der Waals surface area contributed by atoms with Crippen LogP contribution in [0.4, 0.5) is 0 Å². The zero-order chi connectivity index (χ0) is 21.1. The molecule has 0 unspecified atom stereocenters. The Hall–Kier alpha value is -2.93. The minimum absolute atomic E-state index is 0.00616. The van der Waals surface area contributed by atoms with E-state index in [1.165, 1.54) is 7.11 Å². The lowest BCUT2D eigenvalue weighted by molar-refractivity contribution is -0.126. The molecule has 1 heterocycles. The molecule has 2 aromatic carbocycles. The van der Waals surface area contributed by atoms with Gasteiger partial charge in [0.2, 0.25) is 5.91 Å². The number of aromatic carboxylic acids is 1. The Bertz CT molecular complexity index is 1050. The molecule has 4 rings (SSSR count). The van der Waals surface area contributed by atoms with E-state index in [2.05, 4.69) is 11.4 Å². The molecule has 2 N–H and O–H groups in total. The molecule has 2 atom stereocenters. The van der Waals surface area contributed by atoms with Crippen LogP contribution in [0.3, 0.4) is 0 Å². The molecule has 0 spiro atoms. The molecule has 6 nitrogen and oxygen atoms in total. The van der Waals surface area contributed by atoms with Gasteiger partial charge >= 0.3 is 5.97 Å². The average Bonchev–Trinajstić information content (AvgIpc) is 3.21. The van der Waals surface area contributed by atoms with Crippen molar-refractivity contribution >= 4 is 33.4 Å². The van der Waals surface area contributed by atoms with Gasteiger partial charge in [0.1, 0.15) is 11.3 Å². The Labute approximate surface area is 178 Å². The molecule has 156 valence electrons. The van der Waals surface area contributed by atoms with E-state index in [1.54, 1.807) is 29.5 Å². The Balaban J connectivity index is 1.49. The summed E-state index contributed by atoms with van der Waals surface area (Å²) < 4.78 is 6.25. The first-order valence-electron chi connectivity index (χ1n) is 10.1. The van der Waals surface area contributed by atoms with E-state index in [4.69, 9.17) is 9.72 Å². The lowest BCUT2D eigenvalue weighted by Crippen LogP contribution is -2.35. The second-order valence-electron chi connectivity index (χ2n) is 7.57. The highest BCUT2D eigenvalue weighted by atomic mass is 32.1. The third-order valence-electron chi connectivity index (χ3n) is 5.69. The molecule has 3 aromatic rings. The monoisotopic (exact) mass is 424 g/mol. The van der Waals surface area contributed by atoms with E-state index in [0.717, 1.165) is 46.5 Å². The summed E-state index contributed by atoms with van der Waals surface area (Å²) in [5.74, 6) is -0.728. The fraction of sp³-hybridized carbons (Fsp3) is 0.348.